The van der Waals surface area contributed by atoms with Gasteiger partial charge in [-0.1, -0.05) is 42.0 Å². The second-order valence-corrected chi connectivity index (χ2v) is 5.55. The molecule has 0 fully saturated rings. The fourth-order valence-corrected chi connectivity index (χ4v) is 2.40. The van der Waals surface area contributed by atoms with Crippen LogP contribution in [0, 0.1) is 6.92 Å². The Balaban J connectivity index is 1.93. The van der Waals surface area contributed by atoms with Gasteiger partial charge in [-0.25, -0.2) is 5.48 Å². The molecule has 0 spiro atoms. The summed E-state index contributed by atoms with van der Waals surface area (Å²) in [6.07, 6.45) is -0.322. The van der Waals surface area contributed by atoms with Crippen molar-refractivity contribution in [1.29, 1.82) is 0 Å². The number of hydroxylamine groups is 1. The summed E-state index contributed by atoms with van der Waals surface area (Å²) in [6.45, 7) is 4.76. The van der Waals surface area contributed by atoms with Crippen molar-refractivity contribution < 1.29 is 19.5 Å². The SMILES string of the molecule is CCOC(Cc1ccc(OCc2cccc(C)c2)cc1)C(=O)NO. The van der Waals surface area contributed by atoms with Crippen LogP contribution in [-0.2, 0) is 22.6 Å². The van der Waals surface area contributed by atoms with E-state index >= 15 is 0 Å². The van der Waals surface area contributed by atoms with E-state index < -0.39 is 12.0 Å². The third kappa shape index (κ3) is 5.37. The zero-order chi connectivity index (χ0) is 17.4. The van der Waals surface area contributed by atoms with Gasteiger partial charge in [-0.05, 0) is 37.1 Å². The fraction of sp³-hybridized carbons (Fsp3) is 0.316. The normalized spacial score (nSPS) is 11.8. The molecule has 0 aliphatic heterocycles. The Labute approximate surface area is 142 Å². The molecule has 0 bridgehead atoms. The van der Waals surface area contributed by atoms with Gasteiger partial charge < -0.3 is 9.47 Å². The molecule has 2 N–H and O–H groups in total. The lowest BCUT2D eigenvalue weighted by Crippen LogP contribution is -2.36. The highest BCUT2D eigenvalue weighted by Crippen LogP contribution is 2.16. The topological polar surface area (TPSA) is 67.8 Å². The summed E-state index contributed by atoms with van der Waals surface area (Å²) in [6, 6.07) is 15.7. The number of nitrogens with one attached hydrogen (secondary N) is 1. The van der Waals surface area contributed by atoms with Crippen LogP contribution >= 0.6 is 0 Å². The molecular weight excluding hydrogens is 306 g/mol. The number of aryl methyl sites for hydroxylation is 1. The van der Waals surface area contributed by atoms with E-state index in [-0.39, 0.29) is 0 Å². The summed E-state index contributed by atoms with van der Waals surface area (Å²) in [5.74, 6) is 0.219. The Morgan fingerprint density at radius 2 is 1.92 bits per heavy atom. The van der Waals surface area contributed by atoms with Gasteiger partial charge in [0, 0.05) is 13.0 Å². The highest BCUT2D eigenvalue weighted by molar-refractivity contribution is 5.79. The molecule has 0 heterocycles. The average Bonchev–Trinajstić information content (AvgIpc) is 2.60. The molecule has 0 aliphatic carbocycles. The largest absolute Gasteiger partial charge is 0.489 e. The van der Waals surface area contributed by atoms with Gasteiger partial charge in [-0.2, -0.15) is 0 Å². The molecule has 24 heavy (non-hydrogen) atoms. The molecule has 5 nitrogen and oxygen atoms in total. The second-order valence-electron chi connectivity index (χ2n) is 5.55. The van der Waals surface area contributed by atoms with Crippen LogP contribution < -0.4 is 10.2 Å². The van der Waals surface area contributed by atoms with Crippen LogP contribution in [0.2, 0.25) is 0 Å². The summed E-state index contributed by atoms with van der Waals surface area (Å²) in [5.41, 5.74) is 4.89. The Hall–Kier alpha value is -2.37. The quantitative estimate of drug-likeness (QED) is 0.577. The number of ether oxygens (including phenoxy) is 2. The molecule has 1 unspecified atom stereocenters. The second kappa shape index (κ2) is 9.05. The van der Waals surface area contributed by atoms with Gasteiger partial charge in [0.1, 0.15) is 18.5 Å². The van der Waals surface area contributed by atoms with E-state index in [1.165, 1.54) is 5.56 Å². The molecule has 1 atom stereocenters. The summed E-state index contributed by atoms with van der Waals surface area (Å²) in [5, 5.41) is 8.75. The number of carbonyl (C=O) groups excluding carboxylic acids is 1. The Kier molecular flexibility index (Phi) is 6.78. The van der Waals surface area contributed by atoms with Crippen molar-refractivity contribution in [3.8, 4) is 5.75 Å². The molecule has 5 heteroatoms. The molecule has 0 aliphatic rings. The lowest BCUT2D eigenvalue weighted by molar-refractivity contribution is -0.141. The van der Waals surface area contributed by atoms with Crippen molar-refractivity contribution in [2.24, 2.45) is 0 Å². The van der Waals surface area contributed by atoms with Gasteiger partial charge in [0.05, 0.1) is 0 Å². The van der Waals surface area contributed by atoms with E-state index in [0.29, 0.717) is 19.6 Å². The molecule has 0 saturated carbocycles. The number of rotatable bonds is 8. The number of hydrogen-bond acceptors (Lipinski definition) is 4. The first-order valence-corrected chi connectivity index (χ1v) is 7.95. The van der Waals surface area contributed by atoms with E-state index in [1.54, 1.807) is 12.4 Å². The van der Waals surface area contributed by atoms with Crippen molar-refractivity contribution >= 4 is 5.91 Å². The molecular formula is C19H23NO4. The van der Waals surface area contributed by atoms with Gasteiger partial charge in [-0.15, -0.1) is 0 Å². The standard InChI is InChI=1S/C19H23NO4/c1-3-23-18(19(21)20-22)12-15-7-9-17(10-8-15)24-13-16-6-4-5-14(2)11-16/h4-11,18,22H,3,12-13H2,1-2H3,(H,20,21). The van der Waals surface area contributed by atoms with Gasteiger partial charge in [0.25, 0.3) is 5.91 Å². The number of hydrogen-bond donors (Lipinski definition) is 2. The minimum absolute atomic E-state index is 0.387. The van der Waals surface area contributed by atoms with Crippen LogP contribution in [0.1, 0.15) is 23.6 Å². The van der Waals surface area contributed by atoms with E-state index in [0.717, 1.165) is 16.9 Å². The maximum absolute atomic E-state index is 11.5. The van der Waals surface area contributed by atoms with Crippen LogP contribution in [0.15, 0.2) is 48.5 Å². The summed E-state index contributed by atoms with van der Waals surface area (Å²) in [4.78, 5) is 11.5. The molecule has 1 amide bonds. The van der Waals surface area contributed by atoms with Gasteiger partial charge in [0.2, 0.25) is 0 Å². The van der Waals surface area contributed by atoms with Crippen molar-refractivity contribution in [3.63, 3.8) is 0 Å². The molecule has 2 rings (SSSR count). The molecule has 2 aromatic rings. The lowest BCUT2D eigenvalue weighted by atomic mass is 10.1. The van der Waals surface area contributed by atoms with Crippen molar-refractivity contribution in [2.45, 2.75) is 33.0 Å². The number of benzene rings is 2. The Bertz CT molecular complexity index is 655. The molecule has 0 saturated heterocycles. The molecule has 0 aromatic heterocycles. The Morgan fingerprint density at radius 1 is 1.17 bits per heavy atom. The van der Waals surface area contributed by atoms with E-state index in [2.05, 4.69) is 19.1 Å². The zero-order valence-corrected chi connectivity index (χ0v) is 14.0. The maximum atomic E-state index is 11.5. The Morgan fingerprint density at radius 3 is 2.54 bits per heavy atom. The summed E-state index contributed by atoms with van der Waals surface area (Å²) in [7, 11) is 0. The minimum Gasteiger partial charge on any atom is -0.489 e. The highest BCUT2D eigenvalue weighted by Gasteiger charge is 2.18. The van der Waals surface area contributed by atoms with E-state index in [1.807, 2.05) is 36.4 Å². The van der Waals surface area contributed by atoms with Crippen molar-refractivity contribution in [1.82, 2.24) is 5.48 Å². The predicted octanol–water partition coefficient (Wildman–Crippen LogP) is 3.03. The smallest absolute Gasteiger partial charge is 0.272 e. The number of carbonyl (C=O) groups is 1. The lowest BCUT2D eigenvalue weighted by Gasteiger charge is -2.15. The molecule has 128 valence electrons. The third-order valence-corrected chi connectivity index (χ3v) is 3.60. The van der Waals surface area contributed by atoms with Crippen LogP contribution in [0.3, 0.4) is 0 Å². The summed E-state index contributed by atoms with van der Waals surface area (Å²) < 4.78 is 11.1. The van der Waals surface area contributed by atoms with Crippen LogP contribution in [0.5, 0.6) is 5.75 Å². The molecule has 2 aromatic carbocycles. The van der Waals surface area contributed by atoms with Crippen molar-refractivity contribution in [2.75, 3.05) is 6.61 Å². The predicted molar refractivity (Wildman–Crippen MR) is 91.0 cm³/mol. The van der Waals surface area contributed by atoms with Gasteiger partial charge in [-0.3, -0.25) is 10.0 Å². The van der Waals surface area contributed by atoms with Gasteiger partial charge in [0.15, 0.2) is 0 Å². The number of amides is 1. The van der Waals surface area contributed by atoms with Gasteiger partial charge >= 0.3 is 0 Å². The first-order valence-electron chi connectivity index (χ1n) is 7.95. The third-order valence-electron chi connectivity index (χ3n) is 3.60. The van der Waals surface area contributed by atoms with E-state index in [4.69, 9.17) is 14.7 Å². The first-order chi connectivity index (χ1) is 11.6. The zero-order valence-electron chi connectivity index (χ0n) is 14.0. The highest BCUT2D eigenvalue weighted by atomic mass is 16.5. The average molecular weight is 329 g/mol. The maximum Gasteiger partial charge on any atom is 0.272 e. The van der Waals surface area contributed by atoms with Crippen LogP contribution in [-0.4, -0.2) is 23.8 Å². The fourth-order valence-electron chi connectivity index (χ4n) is 2.40. The molecule has 0 radical (unpaired) electrons. The monoisotopic (exact) mass is 329 g/mol. The van der Waals surface area contributed by atoms with Crippen LogP contribution in [0.4, 0.5) is 0 Å². The first kappa shape index (κ1) is 18.0. The van der Waals surface area contributed by atoms with E-state index in [9.17, 15) is 4.79 Å². The minimum atomic E-state index is -0.709. The van der Waals surface area contributed by atoms with Crippen molar-refractivity contribution in [3.05, 3.63) is 65.2 Å². The van der Waals surface area contributed by atoms with Crippen LogP contribution in [0.25, 0.3) is 0 Å². The summed E-state index contributed by atoms with van der Waals surface area (Å²) >= 11 is 0.